The van der Waals surface area contributed by atoms with E-state index in [2.05, 4.69) is 18.7 Å². The number of likely N-dealkylation sites (tertiary alicyclic amines) is 1. The van der Waals surface area contributed by atoms with Gasteiger partial charge in [-0.25, -0.2) is 0 Å². The second-order valence-electron chi connectivity index (χ2n) is 4.82. The zero-order valence-corrected chi connectivity index (χ0v) is 10.4. The Kier molecular flexibility index (Phi) is 5.88. The Bertz CT molecular complexity index is 139. The Labute approximate surface area is 93.8 Å². The zero-order chi connectivity index (χ0) is 10.4. The average Bonchev–Trinajstić information content (AvgIpc) is 2.46. The summed E-state index contributed by atoms with van der Waals surface area (Å²) in [7, 11) is 0. The molecule has 2 unspecified atom stereocenters. The van der Waals surface area contributed by atoms with Crippen LogP contribution in [0, 0.1) is 11.8 Å². The SMILES string of the molecule is CC1CN(CCCCCCCl)CC1C. The zero-order valence-electron chi connectivity index (χ0n) is 9.64. The third kappa shape index (κ3) is 4.18. The summed E-state index contributed by atoms with van der Waals surface area (Å²) in [5.74, 6) is 2.63. The molecular formula is C12H24ClN. The Morgan fingerprint density at radius 1 is 1.00 bits per heavy atom. The van der Waals surface area contributed by atoms with E-state index in [1.54, 1.807) is 0 Å². The lowest BCUT2D eigenvalue weighted by molar-refractivity contribution is 0.314. The molecule has 1 saturated heterocycles. The molecule has 0 saturated carbocycles. The summed E-state index contributed by atoms with van der Waals surface area (Å²) in [4.78, 5) is 2.62. The summed E-state index contributed by atoms with van der Waals surface area (Å²) in [6.07, 6.45) is 5.21. The summed E-state index contributed by atoms with van der Waals surface area (Å²) >= 11 is 5.64. The molecule has 2 heteroatoms. The standard InChI is InChI=1S/C12H24ClN/c1-11-9-14(10-12(11)2)8-6-4-3-5-7-13/h11-12H,3-10H2,1-2H3. The van der Waals surface area contributed by atoms with E-state index >= 15 is 0 Å². The maximum atomic E-state index is 5.64. The molecule has 0 N–H and O–H groups in total. The lowest BCUT2D eigenvalue weighted by Gasteiger charge is -2.14. The summed E-state index contributed by atoms with van der Waals surface area (Å²) in [5, 5.41) is 0. The second kappa shape index (κ2) is 6.68. The van der Waals surface area contributed by atoms with E-state index in [-0.39, 0.29) is 0 Å². The second-order valence-corrected chi connectivity index (χ2v) is 5.20. The van der Waals surface area contributed by atoms with Crippen LogP contribution in [0.3, 0.4) is 0 Å². The molecular weight excluding hydrogens is 194 g/mol. The Morgan fingerprint density at radius 2 is 1.57 bits per heavy atom. The first-order valence-corrected chi connectivity index (χ1v) is 6.55. The molecule has 0 spiro atoms. The van der Waals surface area contributed by atoms with Crippen molar-refractivity contribution in [2.24, 2.45) is 11.8 Å². The molecule has 0 radical (unpaired) electrons. The molecule has 0 aliphatic carbocycles. The van der Waals surface area contributed by atoms with Gasteiger partial charge in [0.2, 0.25) is 0 Å². The molecule has 1 heterocycles. The summed E-state index contributed by atoms with van der Waals surface area (Å²) < 4.78 is 0. The maximum Gasteiger partial charge on any atom is 0.0223 e. The molecule has 1 fully saturated rings. The molecule has 0 amide bonds. The number of hydrogen-bond acceptors (Lipinski definition) is 1. The summed E-state index contributed by atoms with van der Waals surface area (Å²) in [6.45, 7) is 8.68. The number of unbranched alkanes of at least 4 members (excludes halogenated alkanes) is 3. The molecule has 0 aromatic carbocycles. The van der Waals surface area contributed by atoms with Gasteiger partial charge in [-0.3, -0.25) is 0 Å². The van der Waals surface area contributed by atoms with E-state index in [9.17, 15) is 0 Å². The number of rotatable bonds is 6. The molecule has 1 nitrogen and oxygen atoms in total. The van der Waals surface area contributed by atoms with Crippen LogP contribution in [-0.4, -0.2) is 30.4 Å². The van der Waals surface area contributed by atoms with Crippen molar-refractivity contribution < 1.29 is 0 Å². The van der Waals surface area contributed by atoms with Crippen molar-refractivity contribution in [1.29, 1.82) is 0 Å². The molecule has 84 valence electrons. The van der Waals surface area contributed by atoms with Gasteiger partial charge in [0.25, 0.3) is 0 Å². The van der Waals surface area contributed by atoms with Gasteiger partial charge in [-0.15, -0.1) is 11.6 Å². The average molecular weight is 218 g/mol. The van der Waals surface area contributed by atoms with E-state index in [0.717, 1.165) is 17.7 Å². The van der Waals surface area contributed by atoms with Crippen molar-refractivity contribution in [3.8, 4) is 0 Å². The molecule has 0 bridgehead atoms. The number of halogens is 1. The number of alkyl halides is 1. The van der Waals surface area contributed by atoms with E-state index in [4.69, 9.17) is 11.6 Å². The fourth-order valence-electron chi connectivity index (χ4n) is 2.21. The van der Waals surface area contributed by atoms with Gasteiger partial charge < -0.3 is 4.90 Å². The van der Waals surface area contributed by atoms with Crippen molar-refractivity contribution in [2.75, 3.05) is 25.5 Å². The van der Waals surface area contributed by atoms with Gasteiger partial charge in [0.05, 0.1) is 0 Å². The van der Waals surface area contributed by atoms with Crippen LogP contribution in [0.4, 0.5) is 0 Å². The largest absolute Gasteiger partial charge is 0.303 e. The summed E-state index contributed by atoms with van der Waals surface area (Å²) in [5.41, 5.74) is 0. The first-order valence-electron chi connectivity index (χ1n) is 6.02. The minimum atomic E-state index is 0.831. The molecule has 0 aromatic rings. The number of hydrogen-bond donors (Lipinski definition) is 0. The van der Waals surface area contributed by atoms with Gasteiger partial charge >= 0.3 is 0 Å². The molecule has 2 atom stereocenters. The van der Waals surface area contributed by atoms with Crippen molar-refractivity contribution >= 4 is 11.6 Å². The van der Waals surface area contributed by atoms with Gasteiger partial charge in [0.15, 0.2) is 0 Å². The highest BCUT2D eigenvalue weighted by Crippen LogP contribution is 2.22. The van der Waals surface area contributed by atoms with E-state index in [0.29, 0.717) is 0 Å². The predicted molar refractivity (Wildman–Crippen MR) is 64.0 cm³/mol. The Balaban J connectivity index is 1.97. The monoisotopic (exact) mass is 217 g/mol. The quantitative estimate of drug-likeness (QED) is 0.487. The first kappa shape index (κ1) is 12.3. The smallest absolute Gasteiger partial charge is 0.0223 e. The predicted octanol–water partition coefficient (Wildman–Crippen LogP) is 3.37. The van der Waals surface area contributed by atoms with Gasteiger partial charge in [0, 0.05) is 19.0 Å². The molecule has 1 rings (SSSR count). The Morgan fingerprint density at radius 3 is 2.14 bits per heavy atom. The van der Waals surface area contributed by atoms with Crippen LogP contribution in [0.1, 0.15) is 39.5 Å². The minimum Gasteiger partial charge on any atom is -0.303 e. The fraction of sp³-hybridized carbons (Fsp3) is 1.00. The lowest BCUT2D eigenvalue weighted by Crippen LogP contribution is -2.21. The van der Waals surface area contributed by atoms with Crippen LogP contribution in [0.2, 0.25) is 0 Å². The third-order valence-electron chi connectivity index (χ3n) is 3.42. The van der Waals surface area contributed by atoms with Gasteiger partial charge in [-0.05, 0) is 31.2 Å². The van der Waals surface area contributed by atoms with E-state index in [1.165, 1.54) is 45.3 Å². The van der Waals surface area contributed by atoms with Crippen LogP contribution in [0.25, 0.3) is 0 Å². The van der Waals surface area contributed by atoms with E-state index < -0.39 is 0 Å². The van der Waals surface area contributed by atoms with Crippen molar-refractivity contribution in [3.63, 3.8) is 0 Å². The normalized spacial score (nSPS) is 28.5. The summed E-state index contributed by atoms with van der Waals surface area (Å²) in [6, 6.07) is 0. The van der Waals surface area contributed by atoms with Gasteiger partial charge in [-0.2, -0.15) is 0 Å². The van der Waals surface area contributed by atoms with Gasteiger partial charge in [-0.1, -0.05) is 26.7 Å². The maximum absolute atomic E-state index is 5.64. The topological polar surface area (TPSA) is 3.24 Å². The molecule has 1 aliphatic rings. The van der Waals surface area contributed by atoms with Crippen LogP contribution < -0.4 is 0 Å². The van der Waals surface area contributed by atoms with Crippen molar-refractivity contribution in [1.82, 2.24) is 4.90 Å². The van der Waals surface area contributed by atoms with Crippen molar-refractivity contribution in [3.05, 3.63) is 0 Å². The first-order chi connectivity index (χ1) is 6.74. The molecule has 1 aliphatic heterocycles. The number of nitrogens with zero attached hydrogens (tertiary/aromatic N) is 1. The minimum absolute atomic E-state index is 0.831. The highest BCUT2D eigenvalue weighted by Gasteiger charge is 2.24. The van der Waals surface area contributed by atoms with Crippen LogP contribution in [0.5, 0.6) is 0 Å². The van der Waals surface area contributed by atoms with Gasteiger partial charge in [0.1, 0.15) is 0 Å². The van der Waals surface area contributed by atoms with Crippen LogP contribution >= 0.6 is 11.6 Å². The highest BCUT2D eigenvalue weighted by molar-refractivity contribution is 6.17. The molecule has 0 aromatic heterocycles. The lowest BCUT2D eigenvalue weighted by atomic mass is 10.0. The highest BCUT2D eigenvalue weighted by atomic mass is 35.5. The van der Waals surface area contributed by atoms with E-state index in [1.807, 2.05) is 0 Å². The third-order valence-corrected chi connectivity index (χ3v) is 3.69. The fourth-order valence-corrected chi connectivity index (χ4v) is 2.40. The Hall–Kier alpha value is 0.250. The molecule has 14 heavy (non-hydrogen) atoms. The van der Waals surface area contributed by atoms with Crippen LogP contribution in [-0.2, 0) is 0 Å². The van der Waals surface area contributed by atoms with Crippen molar-refractivity contribution in [2.45, 2.75) is 39.5 Å². The van der Waals surface area contributed by atoms with Crippen LogP contribution in [0.15, 0.2) is 0 Å².